The smallest absolute Gasteiger partial charge is 0.255 e. The lowest BCUT2D eigenvalue weighted by molar-refractivity contribution is 0.0761. The summed E-state index contributed by atoms with van der Waals surface area (Å²) in [6.07, 6.45) is 0. The van der Waals surface area contributed by atoms with E-state index < -0.39 is 0 Å². The number of amides is 1. The Balaban J connectivity index is 1.80. The van der Waals surface area contributed by atoms with Crippen LogP contribution in [0.1, 0.15) is 21.2 Å². The molecule has 23 heavy (non-hydrogen) atoms. The highest BCUT2D eigenvalue weighted by molar-refractivity contribution is 7.99. The third kappa shape index (κ3) is 3.65. The van der Waals surface area contributed by atoms with Crippen LogP contribution in [0.5, 0.6) is 0 Å². The number of thioether (sulfide) groups is 1. The highest BCUT2D eigenvalue weighted by atomic mass is 35.5. The number of carbonyl (C=O) groups is 1. The number of nitrogens with one attached hydrogen (secondary N) is 1. The maximum Gasteiger partial charge on any atom is 0.255 e. The molecule has 1 amide bonds. The van der Waals surface area contributed by atoms with Gasteiger partial charge in [-0.15, -0.1) is 0 Å². The molecule has 2 aromatic carbocycles. The lowest BCUT2D eigenvalue weighted by Crippen LogP contribution is -2.39. The molecule has 120 valence electrons. The summed E-state index contributed by atoms with van der Waals surface area (Å²) >= 11 is 8.15. The number of rotatable bonds is 3. The lowest BCUT2D eigenvalue weighted by Gasteiger charge is -2.33. The summed E-state index contributed by atoms with van der Waals surface area (Å²) in [5.74, 6) is 0.947. The third-order valence-electron chi connectivity index (χ3n) is 4.01. The molecule has 1 saturated heterocycles. The van der Waals surface area contributed by atoms with Gasteiger partial charge in [0, 0.05) is 36.8 Å². The molecule has 3 nitrogen and oxygen atoms in total. The first-order valence-electron chi connectivity index (χ1n) is 7.62. The second kappa shape index (κ2) is 7.28. The number of benzene rings is 2. The van der Waals surface area contributed by atoms with Crippen molar-refractivity contribution >= 4 is 35.0 Å². The highest BCUT2D eigenvalue weighted by Crippen LogP contribution is 2.34. The monoisotopic (exact) mass is 346 g/mol. The molecule has 0 saturated carbocycles. The molecular formula is C18H19ClN2OS. The lowest BCUT2D eigenvalue weighted by atomic mass is 10.1. The minimum absolute atomic E-state index is 0.00771. The predicted octanol–water partition coefficient (Wildman–Crippen LogP) is 4.31. The fourth-order valence-corrected chi connectivity index (χ4v) is 4.16. The van der Waals surface area contributed by atoms with E-state index in [2.05, 4.69) is 17.4 Å². The number of anilines is 1. The van der Waals surface area contributed by atoms with Gasteiger partial charge >= 0.3 is 0 Å². The topological polar surface area (TPSA) is 32.3 Å². The van der Waals surface area contributed by atoms with Gasteiger partial charge in [0.1, 0.15) is 0 Å². The first-order chi connectivity index (χ1) is 11.2. The van der Waals surface area contributed by atoms with Gasteiger partial charge in [-0.2, -0.15) is 11.8 Å². The van der Waals surface area contributed by atoms with E-state index in [9.17, 15) is 4.79 Å². The molecule has 1 unspecified atom stereocenters. The SMILES string of the molecule is CNc1ccc(Cl)c(C(=O)N2CCSC(c3ccccc3)C2)c1. The molecule has 1 aliphatic heterocycles. The fraction of sp³-hybridized carbons (Fsp3) is 0.278. The molecular weight excluding hydrogens is 328 g/mol. The second-order valence-corrected chi connectivity index (χ2v) is 7.18. The zero-order chi connectivity index (χ0) is 16.2. The third-order valence-corrected chi connectivity index (χ3v) is 5.58. The molecule has 0 aliphatic carbocycles. The Bertz CT molecular complexity index is 693. The van der Waals surface area contributed by atoms with Gasteiger partial charge in [-0.25, -0.2) is 0 Å². The van der Waals surface area contributed by atoms with Gasteiger partial charge in [-0.05, 0) is 23.8 Å². The van der Waals surface area contributed by atoms with E-state index in [4.69, 9.17) is 11.6 Å². The van der Waals surface area contributed by atoms with Crippen molar-refractivity contribution in [2.75, 3.05) is 31.2 Å². The van der Waals surface area contributed by atoms with Crippen LogP contribution in [0.3, 0.4) is 0 Å². The van der Waals surface area contributed by atoms with Gasteiger partial charge in [-0.1, -0.05) is 41.9 Å². The van der Waals surface area contributed by atoms with Crippen molar-refractivity contribution in [1.82, 2.24) is 4.90 Å². The number of carbonyl (C=O) groups excluding carboxylic acids is 1. The van der Waals surface area contributed by atoms with Crippen LogP contribution < -0.4 is 5.32 Å². The Kier molecular flexibility index (Phi) is 5.13. The van der Waals surface area contributed by atoms with E-state index in [1.54, 1.807) is 6.07 Å². The van der Waals surface area contributed by atoms with Crippen molar-refractivity contribution in [3.63, 3.8) is 0 Å². The molecule has 1 fully saturated rings. The van der Waals surface area contributed by atoms with E-state index in [0.29, 0.717) is 22.4 Å². The van der Waals surface area contributed by atoms with Crippen molar-refractivity contribution in [3.05, 3.63) is 64.7 Å². The Morgan fingerprint density at radius 3 is 2.78 bits per heavy atom. The molecule has 5 heteroatoms. The predicted molar refractivity (Wildman–Crippen MR) is 98.5 cm³/mol. The van der Waals surface area contributed by atoms with E-state index in [-0.39, 0.29) is 5.91 Å². The second-order valence-electron chi connectivity index (χ2n) is 5.47. The molecule has 1 aliphatic rings. The van der Waals surface area contributed by atoms with Gasteiger partial charge in [0.25, 0.3) is 5.91 Å². The zero-order valence-electron chi connectivity index (χ0n) is 13.0. The summed E-state index contributed by atoms with van der Waals surface area (Å²) in [4.78, 5) is 14.8. The molecule has 0 radical (unpaired) electrons. The zero-order valence-corrected chi connectivity index (χ0v) is 14.5. The molecule has 1 atom stereocenters. The minimum Gasteiger partial charge on any atom is -0.388 e. The molecule has 1 heterocycles. The van der Waals surface area contributed by atoms with E-state index in [1.165, 1.54) is 5.56 Å². The van der Waals surface area contributed by atoms with E-state index in [1.807, 2.05) is 54.0 Å². The van der Waals surface area contributed by atoms with E-state index >= 15 is 0 Å². The van der Waals surface area contributed by atoms with Gasteiger partial charge < -0.3 is 10.2 Å². The average molecular weight is 347 g/mol. The highest BCUT2D eigenvalue weighted by Gasteiger charge is 2.27. The Labute approximate surface area is 146 Å². The average Bonchev–Trinajstić information content (AvgIpc) is 2.62. The Morgan fingerprint density at radius 1 is 1.26 bits per heavy atom. The number of halogens is 1. The fourth-order valence-electron chi connectivity index (χ4n) is 2.72. The molecule has 3 rings (SSSR count). The summed E-state index contributed by atoms with van der Waals surface area (Å²) in [5.41, 5.74) is 2.73. The summed E-state index contributed by atoms with van der Waals surface area (Å²) in [5, 5.41) is 3.88. The van der Waals surface area contributed by atoms with Gasteiger partial charge in [0.05, 0.1) is 10.6 Å². The van der Waals surface area contributed by atoms with Crippen LogP contribution >= 0.6 is 23.4 Å². The van der Waals surface area contributed by atoms with Crippen LogP contribution in [0.2, 0.25) is 5.02 Å². The molecule has 1 N–H and O–H groups in total. The van der Waals surface area contributed by atoms with Gasteiger partial charge in [0.2, 0.25) is 0 Å². The van der Waals surface area contributed by atoms with Crippen LogP contribution in [-0.4, -0.2) is 36.7 Å². The summed E-state index contributed by atoms with van der Waals surface area (Å²) in [7, 11) is 1.83. The maximum atomic E-state index is 12.9. The van der Waals surface area contributed by atoms with Crippen LogP contribution in [0.25, 0.3) is 0 Å². The van der Waals surface area contributed by atoms with Crippen LogP contribution in [-0.2, 0) is 0 Å². The van der Waals surface area contributed by atoms with Crippen molar-refractivity contribution in [3.8, 4) is 0 Å². The standard InChI is InChI=1S/C18H19ClN2OS/c1-20-14-7-8-16(19)15(11-14)18(22)21-9-10-23-17(12-21)13-5-3-2-4-6-13/h2-8,11,17,20H,9-10,12H2,1H3. The van der Waals surface area contributed by atoms with Crippen molar-refractivity contribution in [2.45, 2.75) is 5.25 Å². The van der Waals surface area contributed by atoms with Crippen molar-refractivity contribution < 1.29 is 4.79 Å². The first-order valence-corrected chi connectivity index (χ1v) is 9.05. The summed E-state index contributed by atoms with van der Waals surface area (Å²) in [6, 6.07) is 15.8. The molecule has 0 aromatic heterocycles. The number of hydrogen-bond donors (Lipinski definition) is 1. The first kappa shape index (κ1) is 16.2. The summed E-state index contributed by atoms with van der Waals surface area (Å²) < 4.78 is 0. The van der Waals surface area contributed by atoms with Gasteiger partial charge in [0.15, 0.2) is 0 Å². The van der Waals surface area contributed by atoms with Crippen LogP contribution in [0, 0.1) is 0 Å². The minimum atomic E-state index is 0.00771. The number of hydrogen-bond acceptors (Lipinski definition) is 3. The van der Waals surface area contributed by atoms with Crippen LogP contribution in [0.15, 0.2) is 48.5 Å². The maximum absolute atomic E-state index is 12.9. The Hall–Kier alpha value is -1.65. The molecule has 2 aromatic rings. The van der Waals surface area contributed by atoms with E-state index in [0.717, 1.165) is 18.0 Å². The number of nitrogens with zero attached hydrogens (tertiary/aromatic N) is 1. The molecule has 0 spiro atoms. The quantitative estimate of drug-likeness (QED) is 0.898. The van der Waals surface area contributed by atoms with Gasteiger partial charge in [-0.3, -0.25) is 4.79 Å². The largest absolute Gasteiger partial charge is 0.388 e. The van der Waals surface area contributed by atoms with Crippen LogP contribution in [0.4, 0.5) is 5.69 Å². The van der Waals surface area contributed by atoms with Crippen molar-refractivity contribution in [2.24, 2.45) is 0 Å². The Morgan fingerprint density at radius 2 is 2.04 bits per heavy atom. The molecule has 0 bridgehead atoms. The summed E-state index contributed by atoms with van der Waals surface area (Å²) in [6.45, 7) is 1.47. The normalized spacial score (nSPS) is 17.8. The van der Waals surface area contributed by atoms with Crippen molar-refractivity contribution in [1.29, 1.82) is 0 Å².